The number of nitrogens with one attached hydrogen (secondary N) is 1. The lowest BCUT2D eigenvalue weighted by molar-refractivity contribution is -0.138. The molecule has 7 heteroatoms. The van der Waals surface area contributed by atoms with Gasteiger partial charge < -0.3 is 9.88 Å². The van der Waals surface area contributed by atoms with Crippen molar-refractivity contribution in [2.45, 2.75) is 12.7 Å². The first-order valence-corrected chi connectivity index (χ1v) is 7.07. The third-order valence-electron chi connectivity index (χ3n) is 3.26. The minimum Gasteiger partial charge on any atom is -0.349 e. The van der Waals surface area contributed by atoms with E-state index in [1.165, 1.54) is 12.1 Å². The highest BCUT2D eigenvalue weighted by molar-refractivity contribution is 5.94. The van der Waals surface area contributed by atoms with Gasteiger partial charge in [-0.1, -0.05) is 18.2 Å². The molecule has 126 valence electrons. The fourth-order valence-electron chi connectivity index (χ4n) is 2.10. The van der Waals surface area contributed by atoms with Gasteiger partial charge in [-0.2, -0.15) is 13.2 Å². The Kier molecular flexibility index (Phi) is 5.23. The second kappa shape index (κ2) is 7.16. The first-order chi connectivity index (χ1) is 11.3. The fourth-order valence-corrected chi connectivity index (χ4v) is 2.10. The minimum absolute atomic E-state index is 0.0642. The Hall–Kier alpha value is -2.83. The number of aromatic nitrogens is 1. The van der Waals surface area contributed by atoms with Gasteiger partial charge in [0, 0.05) is 24.4 Å². The lowest BCUT2D eigenvalue weighted by Gasteiger charge is -2.11. The molecule has 0 aliphatic rings. The number of hydrogen-bond donors (Lipinski definition) is 1. The van der Waals surface area contributed by atoms with Crippen LogP contribution < -0.4 is 10.9 Å². The molecule has 24 heavy (non-hydrogen) atoms. The summed E-state index contributed by atoms with van der Waals surface area (Å²) in [5, 5.41) is 2.61. The molecule has 0 radical (unpaired) electrons. The molecule has 1 heterocycles. The predicted octanol–water partition coefficient (Wildman–Crippen LogP) is 2.83. The van der Waals surface area contributed by atoms with E-state index in [1.807, 2.05) is 0 Å². The first-order valence-electron chi connectivity index (χ1n) is 7.07. The van der Waals surface area contributed by atoms with E-state index < -0.39 is 17.3 Å². The van der Waals surface area contributed by atoms with Gasteiger partial charge in [0.1, 0.15) is 0 Å². The van der Waals surface area contributed by atoms with Gasteiger partial charge in [0.05, 0.1) is 12.1 Å². The Bertz CT molecular complexity index is 810. The molecule has 1 aromatic heterocycles. The number of carbonyl (C=O) groups excluding carboxylic acids is 1. The molecule has 0 fully saturated rings. The average Bonchev–Trinajstić information content (AvgIpc) is 2.54. The zero-order valence-corrected chi connectivity index (χ0v) is 12.6. The number of amides is 1. The van der Waals surface area contributed by atoms with Crippen molar-refractivity contribution in [1.29, 1.82) is 0 Å². The van der Waals surface area contributed by atoms with Gasteiger partial charge in [-0.05, 0) is 23.8 Å². The van der Waals surface area contributed by atoms with E-state index in [0.717, 1.165) is 22.9 Å². The van der Waals surface area contributed by atoms with Gasteiger partial charge >= 0.3 is 6.18 Å². The third kappa shape index (κ3) is 4.34. The molecule has 0 bridgehead atoms. The molecule has 0 saturated carbocycles. The number of halogens is 3. The molecule has 0 saturated heterocycles. The average molecular weight is 336 g/mol. The first kappa shape index (κ1) is 17.5. The second-order valence-corrected chi connectivity index (χ2v) is 5.08. The van der Waals surface area contributed by atoms with Gasteiger partial charge in [-0.3, -0.25) is 9.59 Å². The summed E-state index contributed by atoms with van der Waals surface area (Å²) in [6, 6.07) is 7.98. The van der Waals surface area contributed by atoms with Crippen LogP contribution in [0.1, 0.15) is 21.5 Å². The molecular formula is C17H15F3N2O2. The van der Waals surface area contributed by atoms with Crippen LogP contribution in [0.2, 0.25) is 0 Å². The molecule has 1 N–H and O–H groups in total. The zero-order chi connectivity index (χ0) is 17.7. The van der Waals surface area contributed by atoms with E-state index in [0.29, 0.717) is 17.7 Å². The van der Waals surface area contributed by atoms with Crippen molar-refractivity contribution in [3.63, 3.8) is 0 Å². The molecule has 0 spiro atoms. The largest absolute Gasteiger partial charge is 0.417 e. The predicted molar refractivity (Wildman–Crippen MR) is 83.8 cm³/mol. The summed E-state index contributed by atoms with van der Waals surface area (Å²) in [5.41, 5.74) is -0.552. The number of hydrogen-bond acceptors (Lipinski definition) is 2. The van der Waals surface area contributed by atoms with Gasteiger partial charge in [-0.15, -0.1) is 6.58 Å². The number of carbonyl (C=O) groups is 1. The van der Waals surface area contributed by atoms with Crippen molar-refractivity contribution >= 4 is 5.91 Å². The number of alkyl halides is 3. The lowest BCUT2D eigenvalue weighted by atomic mass is 10.1. The number of nitrogens with zero attached hydrogens (tertiary/aromatic N) is 1. The summed E-state index contributed by atoms with van der Waals surface area (Å²) in [6.07, 6.45) is -2.22. The minimum atomic E-state index is -4.53. The van der Waals surface area contributed by atoms with Crippen molar-refractivity contribution in [2.75, 3.05) is 6.54 Å². The molecule has 4 nitrogen and oxygen atoms in total. The van der Waals surface area contributed by atoms with Crippen LogP contribution in [0.3, 0.4) is 0 Å². The molecule has 1 amide bonds. The fraction of sp³-hybridized carbons (Fsp3) is 0.176. The van der Waals surface area contributed by atoms with Crippen LogP contribution in [0.5, 0.6) is 0 Å². The van der Waals surface area contributed by atoms with E-state index in [2.05, 4.69) is 11.9 Å². The normalized spacial score (nSPS) is 11.1. The van der Waals surface area contributed by atoms with Gasteiger partial charge in [0.25, 0.3) is 11.5 Å². The van der Waals surface area contributed by atoms with Crippen molar-refractivity contribution < 1.29 is 18.0 Å². The molecular weight excluding hydrogens is 321 g/mol. The third-order valence-corrected chi connectivity index (χ3v) is 3.26. The highest BCUT2D eigenvalue weighted by Gasteiger charge is 2.31. The number of rotatable bonds is 5. The molecule has 2 aromatic rings. The van der Waals surface area contributed by atoms with E-state index >= 15 is 0 Å². The highest BCUT2D eigenvalue weighted by Crippen LogP contribution is 2.28. The highest BCUT2D eigenvalue weighted by atomic mass is 19.4. The van der Waals surface area contributed by atoms with E-state index in [9.17, 15) is 22.8 Å². The lowest BCUT2D eigenvalue weighted by Crippen LogP contribution is -2.24. The van der Waals surface area contributed by atoms with Crippen LogP contribution in [0, 0.1) is 0 Å². The summed E-state index contributed by atoms with van der Waals surface area (Å²) in [4.78, 5) is 23.7. The maximum Gasteiger partial charge on any atom is 0.417 e. The molecule has 0 aliphatic carbocycles. The maximum absolute atomic E-state index is 12.8. The second-order valence-electron chi connectivity index (χ2n) is 5.08. The Morgan fingerprint density at radius 2 is 2.00 bits per heavy atom. The smallest absolute Gasteiger partial charge is 0.349 e. The summed E-state index contributed by atoms with van der Waals surface area (Å²) in [5.74, 6) is -0.326. The summed E-state index contributed by atoms with van der Waals surface area (Å²) in [6.45, 7) is 3.73. The van der Waals surface area contributed by atoms with Crippen molar-refractivity contribution in [2.24, 2.45) is 0 Å². The monoisotopic (exact) mass is 336 g/mol. The van der Waals surface area contributed by atoms with Gasteiger partial charge in [-0.25, -0.2) is 0 Å². The van der Waals surface area contributed by atoms with E-state index in [4.69, 9.17) is 0 Å². The van der Waals surface area contributed by atoms with Crippen LogP contribution in [0.15, 0.2) is 60.0 Å². The summed E-state index contributed by atoms with van der Waals surface area (Å²) < 4.78 is 39.2. The van der Waals surface area contributed by atoms with Crippen LogP contribution in [0.4, 0.5) is 13.2 Å². The molecule has 2 rings (SSSR count). The van der Waals surface area contributed by atoms with Crippen LogP contribution >= 0.6 is 0 Å². The van der Waals surface area contributed by atoms with Crippen LogP contribution in [-0.2, 0) is 12.7 Å². The Morgan fingerprint density at radius 1 is 1.25 bits per heavy atom. The maximum atomic E-state index is 12.8. The van der Waals surface area contributed by atoms with Crippen LogP contribution in [0.25, 0.3) is 0 Å². The van der Waals surface area contributed by atoms with E-state index in [-0.39, 0.29) is 12.5 Å². The number of benzene rings is 1. The quantitative estimate of drug-likeness (QED) is 0.854. The van der Waals surface area contributed by atoms with Gasteiger partial charge in [0.15, 0.2) is 0 Å². The summed E-state index contributed by atoms with van der Waals surface area (Å²) >= 11 is 0. The Labute approximate surface area is 136 Å². The van der Waals surface area contributed by atoms with Crippen molar-refractivity contribution in [1.82, 2.24) is 9.88 Å². The van der Waals surface area contributed by atoms with Crippen molar-refractivity contribution in [3.8, 4) is 0 Å². The Balaban J connectivity index is 2.27. The standard InChI is InChI=1S/C17H15F3N2O2/c1-2-8-21-16(24)13-5-3-4-12(9-13)10-22-11-14(17(18,19)20)6-7-15(22)23/h2-7,9,11H,1,8,10H2,(H,21,24). The SMILES string of the molecule is C=CCNC(=O)c1cccc(Cn2cc(C(F)(F)F)ccc2=O)c1. The zero-order valence-electron chi connectivity index (χ0n) is 12.6. The molecule has 0 atom stereocenters. The Morgan fingerprint density at radius 3 is 2.67 bits per heavy atom. The number of pyridine rings is 1. The summed E-state index contributed by atoms with van der Waals surface area (Å²) in [7, 11) is 0. The molecule has 0 unspecified atom stereocenters. The molecule has 0 aliphatic heterocycles. The topological polar surface area (TPSA) is 51.1 Å². The van der Waals surface area contributed by atoms with E-state index in [1.54, 1.807) is 18.2 Å². The van der Waals surface area contributed by atoms with Crippen molar-refractivity contribution in [3.05, 3.63) is 82.3 Å². The molecule has 1 aromatic carbocycles. The van der Waals surface area contributed by atoms with Gasteiger partial charge in [0.2, 0.25) is 0 Å². The van der Waals surface area contributed by atoms with Crippen LogP contribution in [-0.4, -0.2) is 17.0 Å².